The molecule has 0 fully saturated rings. The van der Waals surface area contributed by atoms with Crippen LogP contribution in [0.25, 0.3) is 11.1 Å². The number of carboxylic acid groups (broad SMARTS) is 1. The highest BCUT2D eigenvalue weighted by Gasteiger charge is 2.09. The average Bonchev–Trinajstić information content (AvgIpc) is 2.39. The zero-order chi connectivity index (χ0) is 13.8. The van der Waals surface area contributed by atoms with E-state index in [2.05, 4.69) is 0 Å². The molecule has 19 heavy (non-hydrogen) atoms. The minimum Gasteiger partial charge on any atom is -0.508 e. The van der Waals surface area contributed by atoms with Gasteiger partial charge in [0, 0.05) is 5.56 Å². The maximum Gasteiger partial charge on any atom is 0.307 e. The molecule has 98 valence electrons. The number of phenols is 1. The molecule has 0 heterocycles. The first kappa shape index (κ1) is 13.0. The Morgan fingerprint density at radius 2 is 1.84 bits per heavy atom. The number of ether oxygens (including phenoxy) is 1. The SMILES string of the molecule is COc1ccc(CC(=O)O)cc1-c1ccc(O)cc1. The van der Waals surface area contributed by atoms with Gasteiger partial charge < -0.3 is 14.9 Å². The average molecular weight is 258 g/mol. The van der Waals surface area contributed by atoms with Crippen molar-refractivity contribution in [3.05, 3.63) is 48.0 Å². The summed E-state index contributed by atoms with van der Waals surface area (Å²) in [6.07, 6.45) is -0.0327. The van der Waals surface area contributed by atoms with Crippen molar-refractivity contribution in [3.63, 3.8) is 0 Å². The van der Waals surface area contributed by atoms with Crippen LogP contribution in [0.3, 0.4) is 0 Å². The molecule has 2 aromatic carbocycles. The molecule has 0 saturated carbocycles. The van der Waals surface area contributed by atoms with Crippen molar-refractivity contribution in [1.29, 1.82) is 0 Å². The van der Waals surface area contributed by atoms with Crippen LogP contribution in [-0.4, -0.2) is 23.3 Å². The van der Waals surface area contributed by atoms with Crippen molar-refractivity contribution >= 4 is 5.97 Å². The molecule has 0 radical (unpaired) electrons. The molecule has 2 N–H and O–H groups in total. The van der Waals surface area contributed by atoms with E-state index in [1.54, 1.807) is 49.6 Å². The first-order valence-corrected chi connectivity index (χ1v) is 5.78. The molecule has 4 nitrogen and oxygen atoms in total. The van der Waals surface area contributed by atoms with Crippen molar-refractivity contribution < 1.29 is 19.7 Å². The third kappa shape index (κ3) is 3.04. The fraction of sp³-hybridized carbons (Fsp3) is 0.133. The van der Waals surface area contributed by atoms with Crippen LogP contribution in [0, 0.1) is 0 Å². The Labute approximate surface area is 110 Å². The number of phenolic OH excluding ortho intramolecular Hbond substituents is 1. The maximum absolute atomic E-state index is 10.8. The van der Waals surface area contributed by atoms with E-state index in [0.717, 1.165) is 11.1 Å². The topological polar surface area (TPSA) is 66.8 Å². The molecule has 2 rings (SSSR count). The largest absolute Gasteiger partial charge is 0.508 e. The van der Waals surface area contributed by atoms with Crippen LogP contribution in [0.1, 0.15) is 5.56 Å². The lowest BCUT2D eigenvalue weighted by Gasteiger charge is -2.10. The third-order valence-electron chi connectivity index (χ3n) is 2.80. The minimum absolute atomic E-state index is 0.0327. The summed E-state index contributed by atoms with van der Waals surface area (Å²) >= 11 is 0. The summed E-state index contributed by atoms with van der Waals surface area (Å²) in [6, 6.07) is 12.0. The summed E-state index contributed by atoms with van der Waals surface area (Å²) in [4.78, 5) is 10.8. The van der Waals surface area contributed by atoms with E-state index in [-0.39, 0.29) is 12.2 Å². The van der Waals surface area contributed by atoms with Crippen LogP contribution < -0.4 is 4.74 Å². The molecule has 0 saturated heterocycles. The molecule has 0 bridgehead atoms. The summed E-state index contributed by atoms with van der Waals surface area (Å²) in [7, 11) is 1.57. The van der Waals surface area contributed by atoms with Crippen molar-refractivity contribution in [2.75, 3.05) is 7.11 Å². The van der Waals surface area contributed by atoms with Gasteiger partial charge in [0.2, 0.25) is 0 Å². The number of aromatic hydroxyl groups is 1. The second-order valence-electron chi connectivity index (χ2n) is 4.15. The van der Waals surface area contributed by atoms with Gasteiger partial charge in [-0.25, -0.2) is 0 Å². The van der Waals surface area contributed by atoms with E-state index < -0.39 is 5.97 Å². The van der Waals surface area contributed by atoms with Crippen molar-refractivity contribution in [1.82, 2.24) is 0 Å². The number of carboxylic acids is 1. The van der Waals surface area contributed by atoms with E-state index in [1.807, 2.05) is 0 Å². The van der Waals surface area contributed by atoms with Crippen LogP contribution >= 0.6 is 0 Å². The molecule has 2 aromatic rings. The fourth-order valence-electron chi connectivity index (χ4n) is 1.91. The van der Waals surface area contributed by atoms with Crippen molar-refractivity contribution in [2.45, 2.75) is 6.42 Å². The molecule has 0 amide bonds. The Hall–Kier alpha value is -2.49. The van der Waals surface area contributed by atoms with E-state index in [0.29, 0.717) is 11.3 Å². The standard InChI is InChI=1S/C15H14O4/c1-19-14-7-2-10(9-15(17)18)8-13(14)11-3-5-12(16)6-4-11/h2-8,16H,9H2,1H3,(H,17,18). The molecule has 0 spiro atoms. The molecule has 0 aliphatic rings. The Kier molecular flexibility index (Phi) is 3.71. The second-order valence-corrected chi connectivity index (χ2v) is 4.15. The van der Waals surface area contributed by atoms with Gasteiger partial charge in [-0.05, 0) is 35.4 Å². The van der Waals surface area contributed by atoms with E-state index in [4.69, 9.17) is 9.84 Å². The van der Waals surface area contributed by atoms with Crippen LogP contribution in [-0.2, 0) is 11.2 Å². The highest BCUT2D eigenvalue weighted by Crippen LogP contribution is 2.31. The van der Waals surface area contributed by atoms with Crippen LogP contribution in [0.15, 0.2) is 42.5 Å². The summed E-state index contributed by atoms with van der Waals surface area (Å²) in [5.41, 5.74) is 2.37. The number of carbonyl (C=O) groups is 1. The van der Waals surface area contributed by atoms with E-state index in [1.165, 1.54) is 0 Å². The first-order valence-electron chi connectivity index (χ1n) is 5.78. The van der Waals surface area contributed by atoms with Crippen LogP contribution in [0.5, 0.6) is 11.5 Å². The van der Waals surface area contributed by atoms with Crippen molar-refractivity contribution in [2.24, 2.45) is 0 Å². The van der Waals surface area contributed by atoms with Gasteiger partial charge in [0.1, 0.15) is 11.5 Å². The van der Waals surface area contributed by atoms with Gasteiger partial charge in [-0.1, -0.05) is 18.2 Å². The maximum atomic E-state index is 10.8. The molecule has 0 aliphatic carbocycles. The Balaban J connectivity index is 2.46. The van der Waals surface area contributed by atoms with E-state index in [9.17, 15) is 9.90 Å². The summed E-state index contributed by atoms with van der Waals surface area (Å²) < 4.78 is 5.28. The minimum atomic E-state index is -0.873. The van der Waals surface area contributed by atoms with Gasteiger partial charge in [-0.3, -0.25) is 4.79 Å². The summed E-state index contributed by atoms with van der Waals surface area (Å²) in [6.45, 7) is 0. The second kappa shape index (κ2) is 5.44. The zero-order valence-electron chi connectivity index (χ0n) is 10.5. The lowest BCUT2D eigenvalue weighted by atomic mass is 10.0. The lowest BCUT2D eigenvalue weighted by molar-refractivity contribution is -0.136. The van der Waals surface area contributed by atoms with Crippen LogP contribution in [0.4, 0.5) is 0 Å². The Morgan fingerprint density at radius 1 is 1.16 bits per heavy atom. The molecular formula is C15H14O4. The Morgan fingerprint density at radius 3 is 2.42 bits per heavy atom. The van der Waals surface area contributed by atoms with Gasteiger partial charge in [-0.15, -0.1) is 0 Å². The number of hydrogen-bond donors (Lipinski definition) is 2. The summed E-state index contributed by atoms with van der Waals surface area (Å²) in [5, 5.41) is 18.1. The molecule has 4 heteroatoms. The highest BCUT2D eigenvalue weighted by molar-refractivity contribution is 5.75. The highest BCUT2D eigenvalue weighted by atomic mass is 16.5. The van der Waals surface area contributed by atoms with Gasteiger partial charge >= 0.3 is 5.97 Å². The number of hydrogen-bond acceptors (Lipinski definition) is 3. The number of aliphatic carboxylic acids is 1. The predicted molar refractivity (Wildman–Crippen MR) is 71.4 cm³/mol. The normalized spacial score (nSPS) is 10.2. The van der Waals surface area contributed by atoms with Crippen LogP contribution in [0.2, 0.25) is 0 Å². The predicted octanol–water partition coefficient (Wildman–Crippen LogP) is 2.69. The number of benzene rings is 2. The third-order valence-corrected chi connectivity index (χ3v) is 2.80. The first-order chi connectivity index (χ1) is 9.10. The molecule has 0 aromatic heterocycles. The quantitative estimate of drug-likeness (QED) is 0.884. The number of methoxy groups -OCH3 is 1. The summed E-state index contributed by atoms with van der Waals surface area (Å²) in [5.74, 6) is -0.0222. The zero-order valence-corrected chi connectivity index (χ0v) is 10.5. The number of rotatable bonds is 4. The van der Waals surface area contributed by atoms with Gasteiger partial charge in [-0.2, -0.15) is 0 Å². The van der Waals surface area contributed by atoms with Crippen molar-refractivity contribution in [3.8, 4) is 22.6 Å². The van der Waals surface area contributed by atoms with Gasteiger partial charge in [0.25, 0.3) is 0 Å². The Bertz CT molecular complexity index is 588. The van der Waals surface area contributed by atoms with E-state index >= 15 is 0 Å². The van der Waals surface area contributed by atoms with Gasteiger partial charge in [0.05, 0.1) is 13.5 Å². The molecule has 0 unspecified atom stereocenters. The fourth-order valence-corrected chi connectivity index (χ4v) is 1.91. The lowest BCUT2D eigenvalue weighted by Crippen LogP contribution is -2.00. The molecular weight excluding hydrogens is 244 g/mol. The molecule has 0 atom stereocenters. The monoisotopic (exact) mass is 258 g/mol. The molecule has 0 aliphatic heterocycles. The smallest absolute Gasteiger partial charge is 0.307 e. The van der Waals surface area contributed by atoms with Gasteiger partial charge in [0.15, 0.2) is 0 Å².